The Morgan fingerprint density at radius 1 is 1.11 bits per heavy atom. The normalized spacial score (nSPS) is 36.9. The molecule has 5 fully saturated rings. The van der Waals surface area contributed by atoms with Crippen LogP contribution in [0.4, 0.5) is 0 Å². The lowest BCUT2D eigenvalue weighted by atomic mass is 9.48. The molecule has 0 aromatic rings. The topological polar surface area (TPSA) is 56.1 Å². The largest absolute Gasteiger partial charge is 0.376 e. The molecule has 0 radical (unpaired) electrons. The van der Waals surface area contributed by atoms with Gasteiger partial charge in [-0.3, -0.25) is 4.79 Å². The maximum absolute atomic E-state index is 12.9. The third-order valence-electron chi connectivity index (χ3n) is 8.20. The first kappa shape index (κ1) is 18.8. The van der Waals surface area contributed by atoms with E-state index in [0.29, 0.717) is 6.04 Å². The van der Waals surface area contributed by atoms with Gasteiger partial charge in [0, 0.05) is 25.3 Å². The summed E-state index contributed by atoms with van der Waals surface area (Å²) < 4.78 is 0. The minimum Gasteiger partial charge on any atom is -0.376 e. The highest BCUT2D eigenvalue weighted by Crippen LogP contribution is 2.61. The minimum absolute atomic E-state index is 0.162. The molecule has 4 heteroatoms. The van der Waals surface area contributed by atoms with Crippen LogP contribution in [0.5, 0.6) is 0 Å². The third kappa shape index (κ3) is 3.75. The smallest absolute Gasteiger partial charge is 0.263 e. The van der Waals surface area contributed by atoms with E-state index in [1.807, 2.05) is 7.05 Å². The van der Waals surface area contributed by atoms with Crippen LogP contribution in [0.3, 0.4) is 0 Å². The van der Waals surface area contributed by atoms with Crippen molar-refractivity contribution in [3.05, 3.63) is 11.8 Å². The van der Waals surface area contributed by atoms with Gasteiger partial charge in [-0.15, -0.1) is 0 Å². The fraction of sp³-hybridized carbons (Fsp3) is 0.826. The zero-order valence-corrected chi connectivity index (χ0v) is 17.0. The SMILES string of the molecule is CC(NC(=O)/C(C#N)=C\N(C)C1CCCCC1)C12CC3CC(CC(C3)C1)C2. The average molecular weight is 370 g/mol. The predicted molar refractivity (Wildman–Crippen MR) is 107 cm³/mol. The fourth-order valence-corrected chi connectivity index (χ4v) is 7.07. The van der Waals surface area contributed by atoms with Crippen LogP contribution >= 0.6 is 0 Å². The van der Waals surface area contributed by atoms with Crippen LogP contribution in [0.15, 0.2) is 11.8 Å². The molecule has 0 saturated heterocycles. The molecule has 0 aromatic carbocycles. The highest BCUT2D eigenvalue weighted by Gasteiger charge is 2.53. The van der Waals surface area contributed by atoms with E-state index in [4.69, 9.17) is 0 Å². The second-order valence-corrected chi connectivity index (χ2v) is 10.1. The predicted octanol–water partition coefficient (Wildman–Crippen LogP) is 4.38. The Morgan fingerprint density at radius 2 is 1.67 bits per heavy atom. The molecule has 0 aromatic heterocycles. The zero-order valence-electron chi connectivity index (χ0n) is 17.0. The van der Waals surface area contributed by atoms with E-state index in [1.165, 1.54) is 57.8 Å². The number of carbonyl (C=O) groups is 1. The Balaban J connectivity index is 1.41. The number of nitrogens with zero attached hydrogens (tertiary/aromatic N) is 2. The van der Waals surface area contributed by atoms with Gasteiger partial charge < -0.3 is 10.2 Å². The molecular formula is C23H35N3O. The van der Waals surface area contributed by atoms with Gasteiger partial charge in [0.15, 0.2) is 0 Å². The molecule has 27 heavy (non-hydrogen) atoms. The Bertz CT molecular complexity index is 605. The summed E-state index contributed by atoms with van der Waals surface area (Å²) in [5.41, 5.74) is 0.542. The van der Waals surface area contributed by atoms with Crippen molar-refractivity contribution in [2.75, 3.05) is 7.05 Å². The molecule has 1 atom stereocenters. The second-order valence-electron chi connectivity index (χ2n) is 10.1. The van der Waals surface area contributed by atoms with Crippen molar-refractivity contribution in [3.63, 3.8) is 0 Å². The summed E-state index contributed by atoms with van der Waals surface area (Å²) in [6.45, 7) is 2.19. The molecule has 5 aliphatic carbocycles. The van der Waals surface area contributed by atoms with E-state index >= 15 is 0 Å². The molecule has 0 aliphatic heterocycles. The zero-order chi connectivity index (χ0) is 19.0. The van der Waals surface area contributed by atoms with E-state index in [9.17, 15) is 10.1 Å². The molecule has 4 bridgehead atoms. The summed E-state index contributed by atoms with van der Waals surface area (Å²) in [4.78, 5) is 15.0. The lowest BCUT2D eigenvalue weighted by Gasteiger charge is -2.59. The molecule has 5 rings (SSSR count). The van der Waals surface area contributed by atoms with Crippen LogP contribution in [0, 0.1) is 34.5 Å². The van der Waals surface area contributed by atoms with Crippen LogP contribution in [0.25, 0.3) is 0 Å². The summed E-state index contributed by atoms with van der Waals surface area (Å²) in [5, 5.41) is 12.8. The molecule has 1 N–H and O–H groups in total. The van der Waals surface area contributed by atoms with Gasteiger partial charge in [0.2, 0.25) is 0 Å². The number of amides is 1. The summed E-state index contributed by atoms with van der Waals surface area (Å²) >= 11 is 0. The van der Waals surface area contributed by atoms with Crippen molar-refractivity contribution < 1.29 is 4.79 Å². The summed E-state index contributed by atoms with van der Waals surface area (Å²) in [6.07, 6.45) is 16.0. The minimum atomic E-state index is -0.177. The number of nitriles is 1. The highest BCUT2D eigenvalue weighted by atomic mass is 16.1. The molecule has 0 spiro atoms. The van der Waals surface area contributed by atoms with E-state index in [0.717, 1.165) is 30.6 Å². The number of carbonyl (C=O) groups excluding carboxylic acids is 1. The van der Waals surface area contributed by atoms with Gasteiger partial charge in [0.1, 0.15) is 11.6 Å². The molecule has 148 valence electrons. The van der Waals surface area contributed by atoms with E-state index < -0.39 is 0 Å². The summed E-state index contributed by atoms with van der Waals surface area (Å²) in [7, 11) is 2.02. The quantitative estimate of drug-likeness (QED) is 0.578. The monoisotopic (exact) mass is 369 g/mol. The molecular weight excluding hydrogens is 334 g/mol. The Kier molecular flexibility index (Phi) is 5.23. The van der Waals surface area contributed by atoms with Crippen LogP contribution < -0.4 is 5.32 Å². The lowest BCUT2D eigenvalue weighted by Crippen LogP contribution is -2.56. The first-order valence-electron chi connectivity index (χ1n) is 11.1. The van der Waals surface area contributed by atoms with Crippen molar-refractivity contribution in [2.24, 2.45) is 23.2 Å². The molecule has 1 unspecified atom stereocenters. The first-order valence-corrected chi connectivity index (χ1v) is 11.1. The van der Waals surface area contributed by atoms with Gasteiger partial charge in [-0.1, -0.05) is 19.3 Å². The van der Waals surface area contributed by atoms with Gasteiger partial charge in [-0.2, -0.15) is 5.26 Å². The van der Waals surface area contributed by atoms with Crippen molar-refractivity contribution in [1.29, 1.82) is 5.26 Å². The number of hydrogen-bond acceptors (Lipinski definition) is 3. The maximum atomic E-state index is 12.9. The van der Waals surface area contributed by atoms with Crippen molar-refractivity contribution in [2.45, 2.75) is 89.6 Å². The van der Waals surface area contributed by atoms with E-state index in [1.54, 1.807) is 6.20 Å². The highest BCUT2D eigenvalue weighted by molar-refractivity contribution is 5.97. The van der Waals surface area contributed by atoms with Gasteiger partial charge in [-0.25, -0.2) is 0 Å². The number of rotatable bonds is 5. The van der Waals surface area contributed by atoms with Gasteiger partial charge in [0.25, 0.3) is 5.91 Å². The van der Waals surface area contributed by atoms with Crippen molar-refractivity contribution >= 4 is 5.91 Å². The standard InChI is InChI=1S/C23H35N3O/c1-16(23-11-17-8-18(12-23)10-19(9-17)13-23)25-22(27)20(14-24)15-26(2)21-6-4-3-5-7-21/h15-19,21H,3-13H2,1-2H3,(H,25,27)/b20-15-. The molecule has 4 nitrogen and oxygen atoms in total. The Hall–Kier alpha value is -1.50. The second kappa shape index (κ2) is 7.49. The lowest BCUT2D eigenvalue weighted by molar-refractivity contribution is -0.122. The summed E-state index contributed by atoms with van der Waals surface area (Å²) in [6, 6.07) is 2.79. The van der Waals surface area contributed by atoms with Gasteiger partial charge >= 0.3 is 0 Å². The van der Waals surface area contributed by atoms with Gasteiger partial charge in [-0.05, 0) is 81.5 Å². The van der Waals surface area contributed by atoms with E-state index in [2.05, 4.69) is 23.2 Å². The summed E-state index contributed by atoms with van der Waals surface area (Å²) in [5.74, 6) is 2.44. The van der Waals surface area contributed by atoms with Crippen LogP contribution in [-0.2, 0) is 4.79 Å². The molecule has 5 aliphatic rings. The van der Waals surface area contributed by atoms with Crippen LogP contribution in [0.1, 0.15) is 77.6 Å². The molecule has 0 heterocycles. The fourth-order valence-electron chi connectivity index (χ4n) is 7.07. The number of hydrogen-bond donors (Lipinski definition) is 1. The van der Waals surface area contributed by atoms with Crippen molar-refractivity contribution in [3.8, 4) is 6.07 Å². The maximum Gasteiger partial charge on any atom is 0.263 e. The average Bonchev–Trinajstić information content (AvgIpc) is 2.65. The number of nitrogens with one attached hydrogen (secondary N) is 1. The van der Waals surface area contributed by atoms with E-state index in [-0.39, 0.29) is 22.9 Å². The Labute approximate surface area is 164 Å². The Morgan fingerprint density at radius 3 is 2.19 bits per heavy atom. The van der Waals surface area contributed by atoms with Crippen LogP contribution in [-0.4, -0.2) is 29.9 Å². The first-order chi connectivity index (χ1) is 13.0. The molecule has 5 saturated carbocycles. The molecule has 1 amide bonds. The van der Waals surface area contributed by atoms with Crippen molar-refractivity contribution in [1.82, 2.24) is 10.2 Å². The van der Waals surface area contributed by atoms with Gasteiger partial charge in [0.05, 0.1) is 0 Å². The van der Waals surface area contributed by atoms with Crippen LogP contribution in [0.2, 0.25) is 0 Å². The third-order valence-corrected chi connectivity index (χ3v) is 8.20.